The second-order valence-corrected chi connectivity index (χ2v) is 6.07. The third-order valence-electron chi connectivity index (χ3n) is 3.33. The Morgan fingerprint density at radius 3 is 2.58 bits per heavy atom. The topological polar surface area (TPSA) is 81.0 Å². The third-order valence-corrected chi connectivity index (χ3v) is 4.08. The highest BCUT2D eigenvalue weighted by atomic mass is 35.5. The molecule has 122 valence electrons. The molecule has 3 aromatic rings. The van der Waals surface area contributed by atoms with Gasteiger partial charge in [0.25, 0.3) is 5.69 Å². The van der Waals surface area contributed by atoms with Gasteiger partial charge >= 0.3 is 0 Å². The van der Waals surface area contributed by atoms with E-state index in [-0.39, 0.29) is 11.0 Å². The molecule has 0 aliphatic carbocycles. The van der Waals surface area contributed by atoms with E-state index in [0.717, 1.165) is 5.56 Å². The van der Waals surface area contributed by atoms with Crippen molar-refractivity contribution in [3.63, 3.8) is 0 Å². The molecule has 0 unspecified atom stereocenters. The highest BCUT2D eigenvalue weighted by molar-refractivity contribution is 6.35. The number of anilines is 1. The fourth-order valence-corrected chi connectivity index (χ4v) is 2.83. The Balaban J connectivity index is 1.95. The molecule has 6 nitrogen and oxygen atoms in total. The van der Waals surface area contributed by atoms with Crippen molar-refractivity contribution in [2.45, 2.75) is 6.54 Å². The molecule has 0 bridgehead atoms. The van der Waals surface area contributed by atoms with Crippen LogP contribution in [0.1, 0.15) is 5.56 Å². The molecule has 1 heterocycles. The zero-order valence-electron chi connectivity index (χ0n) is 12.0. The van der Waals surface area contributed by atoms with Crippen molar-refractivity contribution in [2.75, 3.05) is 5.32 Å². The molecule has 24 heavy (non-hydrogen) atoms. The van der Waals surface area contributed by atoms with E-state index in [9.17, 15) is 10.1 Å². The summed E-state index contributed by atoms with van der Waals surface area (Å²) < 4.78 is 0. The quantitative estimate of drug-likeness (QED) is 0.384. The minimum absolute atomic E-state index is 0.00676. The van der Waals surface area contributed by atoms with Crippen molar-refractivity contribution in [1.82, 2.24) is 9.97 Å². The largest absolute Gasteiger partial charge is 0.365 e. The molecule has 2 aromatic carbocycles. The second-order valence-electron chi connectivity index (χ2n) is 4.89. The first-order valence-electron chi connectivity index (χ1n) is 6.73. The van der Waals surface area contributed by atoms with Crippen LogP contribution in [0, 0.1) is 10.1 Å². The number of nitrogens with zero attached hydrogens (tertiary/aromatic N) is 3. The molecular formula is C15H9Cl3N4O2. The highest BCUT2D eigenvalue weighted by Crippen LogP contribution is 2.27. The molecule has 0 atom stereocenters. The molecule has 9 heteroatoms. The molecule has 0 amide bonds. The molecule has 0 saturated carbocycles. The molecule has 0 radical (unpaired) electrons. The second kappa shape index (κ2) is 6.76. The number of halogens is 3. The van der Waals surface area contributed by atoms with Gasteiger partial charge in [0.05, 0.1) is 10.4 Å². The lowest BCUT2D eigenvalue weighted by atomic mass is 10.2. The van der Waals surface area contributed by atoms with Gasteiger partial charge in [0, 0.05) is 34.1 Å². The molecule has 0 fully saturated rings. The SMILES string of the molecule is O=[N+]([O-])c1ccc2c(NCc3ccc(Cl)cc3Cl)nc(Cl)nc2c1. The van der Waals surface area contributed by atoms with Gasteiger partial charge in [-0.3, -0.25) is 10.1 Å². The molecular weight excluding hydrogens is 375 g/mol. The van der Waals surface area contributed by atoms with Crippen LogP contribution in [0.5, 0.6) is 0 Å². The average Bonchev–Trinajstić information content (AvgIpc) is 2.53. The Hall–Kier alpha value is -2.15. The zero-order valence-corrected chi connectivity index (χ0v) is 14.2. The van der Waals surface area contributed by atoms with Crippen LogP contribution in [0.3, 0.4) is 0 Å². The summed E-state index contributed by atoms with van der Waals surface area (Å²) in [5.74, 6) is 0.464. The third kappa shape index (κ3) is 3.51. The maximum atomic E-state index is 10.9. The Morgan fingerprint density at radius 1 is 1.08 bits per heavy atom. The van der Waals surface area contributed by atoms with E-state index in [1.54, 1.807) is 24.3 Å². The number of hydrogen-bond donors (Lipinski definition) is 1. The number of nitro benzene ring substituents is 1. The number of aromatic nitrogens is 2. The van der Waals surface area contributed by atoms with E-state index in [1.165, 1.54) is 12.1 Å². The molecule has 1 aromatic heterocycles. The summed E-state index contributed by atoms with van der Waals surface area (Å²) in [6.07, 6.45) is 0. The van der Waals surface area contributed by atoms with Gasteiger partial charge in [-0.25, -0.2) is 9.97 Å². The van der Waals surface area contributed by atoms with Crippen molar-refractivity contribution < 1.29 is 4.92 Å². The normalized spacial score (nSPS) is 10.8. The first-order chi connectivity index (χ1) is 11.4. The summed E-state index contributed by atoms with van der Waals surface area (Å²) in [4.78, 5) is 18.6. The predicted octanol–water partition coefficient (Wildman–Crippen LogP) is 5.11. The fraction of sp³-hybridized carbons (Fsp3) is 0.0667. The Kier molecular flexibility index (Phi) is 4.71. The lowest BCUT2D eigenvalue weighted by Gasteiger charge is -2.10. The maximum absolute atomic E-state index is 10.9. The standard InChI is InChI=1S/C15H9Cl3N4O2/c16-9-2-1-8(12(17)5-9)7-19-14-11-4-3-10(22(23)24)6-13(11)20-15(18)21-14/h1-6H,7H2,(H,19,20,21). The molecule has 0 aliphatic rings. The van der Waals surface area contributed by atoms with Crippen LogP contribution >= 0.6 is 34.8 Å². The number of fused-ring (bicyclic) bond motifs is 1. The summed E-state index contributed by atoms with van der Waals surface area (Å²) in [5.41, 5.74) is 1.14. The van der Waals surface area contributed by atoms with Gasteiger partial charge in [0.15, 0.2) is 0 Å². The summed E-state index contributed by atoms with van der Waals surface area (Å²) >= 11 is 17.9. The number of nitro groups is 1. The zero-order chi connectivity index (χ0) is 17.3. The maximum Gasteiger partial charge on any atom is 0.271 e. The smallest absolute Gasteiger partial charge is 0.271 e. The molecule has 0 saturated heterocycles. The van der Waals surface area contributed by atoms with Crippen LogP contribution in [0.4, 0.5) is 11.5 Å². The first-order valence-corrected chi connectivity index (χ1v) is 7.87. The van der Waals surface area contributed by atoms with Crippen molar-refractivity contribution >= 4 is 57.2 Å². The van der Waals surface area contributed by atoms with E-state index < -0.39 is 4.92 Å². The van der Waals surface area contributed by atoms with Gasteiger partial charge in [-0.2, -0.15) is 0 Å². The summed E-state index contributed by atoms with van der Waals surface area (Å²) in [6, 6.07) is 9.50. The van der Waals surface area contributed by atoms with Gasteiger partial charge in [-0.15, -0.1) is 0 Å². The van der Waals surface area contributed by atoms with Crippen LogP contribution in [-0.2, 0) is 6.54 Å². The van der Waals surface area contributed by atoms with Crippen LogP contribution in [0.25, 0.3) is 10.9 Å². The van der Waals surface area contributed by atoms with Crippen LogP contribution in [0.2, 0.25) is 15.3 Å². The minimum atomic E-state index is -0.490. The van der Waals surface area contributed by atoms with Crippen molar-refractivity contribution in [3.05, 3.63) is 67.4 Å². The molecule has 0 spiro atoms. The van der Waals surface area contributed by atoms with Gasteiger partial charge < -0.3 is 5.32 Å². The van der Waals surface area contributed by atoms with Crippen molar-refractivity contribution in [3.8, 4) is 0 Å². The minimum Gasteiger partial charge on any atom is -0.365 e. The lowest BCUT2D eigenvalue weighted by Crippen LogP contribution is -2.04. The van der Waals surface area contributed by atoms with E-state index in [0.29, 0.717) is 33.3 Å². The van der Waals surface area contributed by atoms with Gasteiger partial charge in [-0.1, -0.05) is 29.3 Å². The fourth-order valence-electron chi connectivity index (χ4n) is 2.18. The van der Waals surface area contributed by atoms with E-state index in [4.69, 9.17) is 34.8 Å². The lowest BCUT2D eigenvalue weighted by molar-refractivity contribution is -0.384. The van der Waals surface area contributed by atoms with E-state index in [2.05, 4.69) is 15.3 Å². The molecule has 0 aliphatic heterocycles. The van der Waals surface area contributed by atoms with Crippen molar-refractivity contribution in [1.29, 1.82) is 0 Å². The van der Waals surface area contributed by atoms with Crippen LogP contribution < -0.4 is 5.32 Å². The Labute approximate surface area is 151 Å². The van der Waals surface area contributed by atoms with Gasteiger partial charge in [0.2, 0.25) is 5.28 Å². The Morgan fingerprint density at radius 2 is 1.88 bits per heavy atom. The van der Waals surface area contributed by atoms with Crippen LogP contribution in [0.15, 0.2) is 36.4 Å². The number of nitrogens with one attached hydrogen (secondary N) is 1. The number of hydrogen-bond acceptors (Lipinski definition) is 5. The molecule has 3 rings (SSSR count). The monoisotopic (exact) mass is 382 g/mol. The number of rotatable bonds is 4. The number of non-ortho nitro benzene ring substituents is 1. The Bertz CT molecular complexity index is 949. The predicted molar refractivity (Wildman–Crippen MR) is 95.0 cm³/mol. The summed E-state index contributed by atoms with van der Waals surface area (Å²) in [5, 5.41) is 15.7. The van der Waals surface area contributed by atoms with Crippen molar-refractivity contribution in [2.24, 2.45) is 0 Å². The highest BCUT2D eigenvalue weighted by Gasteiger charge is 2.12. The van der Waals surface area contributed by atoms with Gasteiger partial charge in [0.1, 0.15) is 5.82 Å². The number of benzene rings is 2. The van der Waals surface area contributed by atoms with E-state index in [1.807, 2.05) is 0 Å². The molecule has 1 N–H and O–H groups in total. The summed E-state index contributed by atoms with van der Waals surface area (Å²) in [7, 11) is 0. The average molecular weight is 384 g/mol. The van der Waals surface area contributed by atoms with Gasteiger partial charge in [-0.05, 0) is 35.4 Å². The summed E-state index contributed by atoms with van der Waals surface area (Å²) in [6.45, 7) is 0.384. The van der Waals surface area contributed by atoms with Crippen LogP contribution in [-0.4, -0.2) is 14.9 Å². The van der Waals surface area contributed by atoms with E-state index >= 15 is 0 Å². The first kappa shape index (κ1) is 16.7.